The molecule has 0 aliphatic heterocycles. The molecule has 1 aliphatic rings. The maximum absolute atomic E-state index is 4.96. The lowest BCUT2D eigenvalue weighted by atomic mass is 10.0. The molecule has 1 heterocycles. The van der Waals surface area contributed by atoms with Gasteiger partial charge in [-0.1, -0.05) is 27.2 Å². The Hall–Kier alpha value is -0.410. The van der Waals surface area contributed by atoms with Gasteiger partial charge in [-0.05, 0) is 38.1 Å². The van der Waals surface area contributed by atoms with Gasteiger partial charge in [0.15, 0.2) is 0 Å². The van der Waals surface area contributed by atoms with E-state index in [0.717, 1.165) is 18.4 Å². The van der Waals surface area contributed by atoms with Crippen molar-refractivity contribution in [3.63, 3.8) is 0 Å². The highest BCUT2D eigenvalue weighted by atomic mass is 32.1. The van der Waals surface area contributed by atoms with Gasteiger partial charge in [-0.3, -0.25) is 0 Å². The van der Waals surface area contributed by atoms with Gasteiger partial charge < -0.3 is 5.32 Å². The van der Waals surface area contributed by atoms with Gasteiger partial charge in [0, 0.05) is 17.3 Å². The Morgan fingerprint density at radius 2 is 2.17 bits per heavy atom. The minimum absolute atomic E-state index is 0.543. The van der Waals surface area contributed by atoms with Gasteiger partial charge in [0.05, 0.1) is 10.7 Å². The first-order chi connectivity index (χ1) is 8.65. The third-order valence-electron chi connectivity index (χ3n) is 4.10. The summed E-state index contributed by atoms with van der Waals surface area (Å²) in [4.78, 5) is 6.40. The quantitative estimate of drug-likeness (QED) is 0.860. The van der Waals surface area contributed by atoms with Crippen LogP contribution in [0, 0.1) is 5.92 Å². The number of hydrogen-bond donors (Lipinski definition) is 1. The highest BCUT2D eigenvalue weighted by molar-refractivity contribution is 7.11. The third kappa shape index (κ3) is 2.94. The van der Waals surface area contributed by atoms with Crippen LogP contribution in [-0.2, 0) is 6.54 Å². The fraction of sp³-hybridized carbons (Fsp3) is 0.800. The number of nitrogens with zero attached hydrogens (tertiary/aromatic N) is 1. The summed E-state index contributed by atoms with van der Waals surface area (Å²) in [6.07, 6.45) is 5.45. The van der Waals surface area contributed by atoms with E-state index >= 15 is 0 Å². The molecule has 1 N–H and O–H groups in total. The van der Waals surface area contributed by atoms with E-state index in [1.54, 1.807) is 0 Å². The Kier molecular flexibility index (Phi) is 4.79. The normalized spacial score (nSPS) is 24.1. The lowest BCUT2D eigenvalue weighted by Gasteiger charge is -2.06. The molecule has 1 fully saturated rings. The van der Waals surface area contributed by atoms with Gasteiger partial charge in [-0.15, -0.1) is 11.3 Å². The average molecular weight is 266 g/mol. The van der Waals surface area contributed by atoms with Crippen molar-refractivity contribution in [3.05, 3.63) is 15.6 Å². The second kappa shape index (κ2) is 6.16. The molecule has 2 nitrogen and oxygen atoms in total. The molecule has 1 aliphatic carbocycles. The molecule has 0 spiro atoms. The summed E-state index contributed by atoms with van der Waals surface area (Å²) in [7, 11) is 2.02. The van der Waals surface area contributed by atoms with E-state index in [1.165, 1.54) is 41.3 Å². The summed E-state index contributed by atoms with van der Waals surface area (Å²) in [6, 6.07) is 0. The Balaban J connectivity index is 2.16. The van der Waals surface area contributed by atoms with Gasteiger partial charge in [-0.2, -0.15) is 0 Å². The van der Waals surface area contributed by atoms with Crippen LogP contribution in [0.25, 0.3) is 0 Å². The van der Waals surface area contributed by atoms with Crippen LogP contribution in [0.5, 0.6) is 0 Å². The number of thiazole rings is 1. The second-order valence-corrected chi connectivity index (χ2v) is 6.95. The molecule has 3 heteroatoms. The fourth-order valence-electron chi connectivity index (χ4n) is 2.97. The van der Waals surface area contributed by atoms with Crippen molar-refractivity contribution in [3.8, 4) is 0 Å². The first-order valence-electron chi connectivity index (χ1n) is 7.29. The van der Waals surface area contributed by atoms with Crippen molar-refractivity contribution in [2.45, 2.75) is 64.8 Å². The maximum atomic E-state index is 4.96. The molecule has 1 aromatic rings. The molecule has 0 saturated heterocycles. The van der Waals surface area contributed by atoms with Gasteiger partial charge in [0.25, 0.3) is 0 Å². The third-order valence-corrected chi connectivity index (χ3v) is 5.33. The van der Waals surface area contributed by atoms with Crippen LogP contribution in [0.15, 0.2) is 0 Å². The average Bonchev–Trinajstić information content (AvgIpc) is 2.94. The molecule has 0 aromatic carbocycles. The number of nitrogens with one attached hydrogen (secondary N) is 1. The zero-order valence-electron chi connectivity index (χ0n) is 12.1. The van der Waals surface area contributed by atoms with E-state index in [4.69, 9.17) is 4.98 Å². The molecule has 2 rings (SSSR count). The van der Waals surface area contributed by atoms with Crippen molar-refractivity contribution in [2.75, 3.05) is 7.05 Å². The van der Waals surface area contributed by atoms with Crippen molar-refractivity contribution in [2.24, 2.45) is 5.92 Å². The topological polar surface area (TPSA) is 24.9 Å². The molecule has 18 heavy (non-hydrogen) atoms. The second-order valence-electron chi connectivity index (χ2n) is 5.83. The van der Waals surface area contributed by atoms with E-state index in [0.29, 0.717) is 5.92 Å². The predicted octanol–water partition coefficient (Wildman–Crippen LogP) is 4.28. The molecule has 0 bridgehead atoms. The molecular weight excluding hydrogens is 240 g/mol. The van der Waals surface area contributed by atoms with E-state index in [9.17, 15) is 0 Å². The van der Waals surface area contributed by atoms with Crippen LogP contribution in [0.3, 0.4) is 0 Å². The first-order valence-corrected chi connectivity index (χ1v) is 8.11. The summed E-state index contributed by atoms with van der Waals surface area (Å²) < 4.78 is 0. The summed E-state index contributed by atoms with van der Waals surface area (Å²) in [6.45, 7) is 7.79. The van der Waals surface area contributed by atoms with Crippen molar-refractivity contribution < 1.29 is 0 Å². The van der Waals surface area contributed by atoms with Crippen LogP contribution in [0.1, 0.15) is 73.9 Å². The highest BCUT2D eigenvalue weighted by Gasteiger charge is 2.28. The Morgan fingerprint density at radius 3 is 2.72 bits per heavy atom. The van der Waals surface area contributed by atoms with Crippen LogP contribution < -0.4 is 5.32 Å². The maximum Gasteiger partial charge on any atom is 0.0962 e. The Morgan fingerprint density at radius 1 is 1.39 bits per heavy atom. The molecule has 0 amide bonds. The molecule has 2 atom stereocenters. The number of hydrogen-bond acceptors (Lipinski definition) is 3. The molecular formula is C15H26N2S. The van der Waals surface area contributed by atoms with Gasteiger partial charge in [0.1, 0.15) is 0 Å². The largest absolute Gasteiger partial charge is 0.315 e. The number of rotatable bonds is 5. The molecule has 2 unspecified atom stereocenters. The zero-order valence-corrected chi connectivity index (χ0v) is 12.9. The Bertz CT molecular complexity index is 384. The van der Waals surface area contributed by atoms with E-state index < -0.39 is 0 Å². The smallest absolute Gasteiger partial charge is 0.0962 e. The lowest BCUT2D eigenvalue weighted by Crippen LogP contribution is -2.06. The molecule has 1 aromatic heterocycles. The van der Waals surface area contributed by atoms with Gasteiger partial charge in [0.2, 0.25) is 0 Å². The summed E-state index contributed by atoms with van der Waals surface area (Å²) >= 11 is 1.95. The monoisotopic (exact) mass is 266 g/mol. The predicted molar refractivity (Wildman–Crippen MR) is 79.3 cm³/mol. The van der Waals surface area contributed by atoms with E-state index in [-0.39, 0.29) is 0 Å². The van der Waals surface area contributed by atoms with Crippen LogP contribution in [0.2, 0.25) is 0 Å². The standard InChI is InChI=1S/C15H26N2S/c1-5-11-6-7-12(8-11)15-17-14(10(2)3)13(18-15)9-16-4/h10-12,16H,5-9H2,1-4H3. The summed E-state index contributed by atoms with van der Waals surface area (Å²) in [5, 5.41) is 4.68. The van der Waals surface area contributed by atoms with Crippen LogP contribution >= 0.6 is 11.3 Å². The van der Waals surface area contributed by atoms with Crippen LogP contribution in [-0.4, -0.2) is 12.0 Å². The SMILES string of the molecule is CCC1CCC(c2nc(C(C)C)c(CNC)s2)C1. The lowest BCUT2D eigenvalue weighted by molar-refractivity contribution is 0.520. The first kappa shape index (κ1) is 14.0. The molecule has 1 saturated carbocycles. The molecule has 102 valence electrons. The fourth-order valence-corrected chi connectivity index (χ4v) is 4.34. The molecule has 0 radical (unpaired) electrons. The summed E-state index contributed by atoms with van der Waals surface area (Å²) in [5.41, 5.74) is 1.32. The minimum atomic E-state index is 0.543. The van der Waals surface area contributed by atoms with Crippen LogP contribution in [0.4, 0.5) is 0 Å². The summed E-state index contributed by atoms with van der Waals surface area (Å²) in [5.74, 6) is 2.22. The minimum Gasteiger partial charge on any atom is -0.315 e. The zero-order chi connectivity index (χ0) is 13.1. The number of aromatic nitrogens is 1. The van der Waals surface area contributed by atoms with Crippen molar-refractivity contribution in [1.29, 1.82) is 0 Å². The van der Waals surface area contributed by atoms with Gasteiger partial charge >= 0.3 is 0 Å². The van der Waals surface area contributed by atoms with Gasteiger partial charge in [-0.25, -0.2) is 4.98 Å². The van der Waals surface area contributed by atoms with Crippen molar-refractivity contribution in [1.82, 2.24) is 10.3 Å². The van der Waals surface area contributed by atoms with Crippen molar-refractivity contribution >= 4 is 11.3 Å². The Labute approximate surface area is 115 Å². The highest BCUT2D eigenvalue weighted by Crippen LogP contribution is 2.42. The van der Waals surface area contributed by atoms with E-state index in [2.05, 4.69) is 26.1 Å². The van der Waals surface area contributed by atoms with E-state index in [1.807, 2.05) is 18.4 Å².